The number of halogens is 3. The van der Waals surface area contributed by atoms with Crippen LogP contribution >= 0.6 is 0 Å². The molecule has 4 heteroatoms. The second-order valence-corrected chi connectivity index (χ2v) is 4.06. The number of hydrogen-bond acceptors (Lipinski definition) is 1. The fourth-order valence-electron chi connectivity index (χ4n) is 1.49. The van der Waals surface area contributed by atoms with Crippen LogP contribution in [0.3, 0.4) is 0 Å². The fourth-order valence-corrected chi connectivity index (χ4v) is 1.49. The van der Waals surface area contributed by atoms with Crippen LogP contribution in [0.15, 0.2) is 0 Å². The summed E-state index contributed by atoms with van der Waals surface area (Å²) in [6, 6.07) is -1.63. The minimum atomic E-state index is -4.22. The normalized spacial score (nSPS) is 14.2. The molecule has 0 radical (unpaired) electrons. The molecule has 0 aromatic carbocycles. The summed E-state index contributed by atoms with van der Waals surface area (Å²) in [7, 11) is 0. The van der Waals surface area contributed by atoms with Gasteiger partial charge in [0.2, 0.25) is 0 Å². The summed E-state index contributed by atoms with van der Waals surface area (Å²) in [6.45, 7) is 2.14. The van der Waals surface area contributed by atoms with Gasteiger partial charge in [0.05, 0.1) is 0 Å². The van der Waals surface area contributed by atoms with Gasteiger partial charge >= 0.3 is 6.18 Å². The first-order valence-corrected chi connectivity index (χ1v) is 5.80. The lowest BCUT2D eigenvalue weighted by molar-refractivity contribution is -0.149. The molecule has 92 valence electrons. The zero-order valence-corrected chi connectivity index (χ0v) is 9.45. The Morgan fingerprint density at radius 1 is 0.933 bits per heavy atom. The average Bonchev–Trinajstić information content (AvgIpc) is 2.14. The van der Waals surface area contributed by atoms with Gasteiger partial charge in [0, 0.05) is 0 Å². The van der Waals surface area contributed by atoms with Gasteiger partial charge in [0.15, 0.2) is 0 Å². The third-order valence-corrected chi connectivity index (χ3v) is 2.54. The molecule has 1 atom stereocenters. The summed E-state index contributed by atoms with van der Waals surface area (Å²) in [5.74, 6) is 0. The zero-order chi connectivity index (χ0) is 11.7. The van der Waals surface area contributed by atoms with Crippen molar-refractivity contribution in [3.8, 4) is 0 Å². The standard InChI is InChI=1S/C11H22F3N/c1-2-3-4-5-6-7-8-9-10(15)11(12,13)14/h10H,2-9,15H2,1H3. The maximum atomic E-state index is 12.0. The van der Waals surface area contributed by atoms with Crippen molar-refractivity contribution in [2.45, 2.75) is 70.5 Å². The van der Waals surface area contributed by atoms with E-state index in [1.54, 1.807) is 0 Å². The summed E-state index contributed by atoms with van der Waals surface area (Å²) in [5.41, 5.74) is 4.99. The van der Waals surface area contributed by atoms with E-state index in [4.69, 9.17) is 5.73 Å². The Balaban J connectivity index is 3.24. The molecule has 0 bridgehead atoms. The number of nitrogens with two attached hydrogens (primary N) is 1. The zero-order valence-electron chi connectivity index (χ0n) is 9.45. The van der Waals surface area contributed by atoms with Crippen LogP contribution < -0.4 is 5.73 Å². The number of hydrogen-bond donors (Lipinski definition) is 1. The van der Waals surface area contributed by atoms with Gasteiger partial charge in [0.1, 0.15) is 6.04 Å². The molecule has 2 N–H and O–H groups in total. The van der Waals surface area contributed by atoms with Gasteiger partial charge in [-0.2, -0.15) is 13.2 Å². The molecule has 1 nitrogen and oxygen atoms in total. The second kappa shape index (κ2) is 7.97. The van der Waals surface area contributed by atoms with Crippen LogP contribution in [0.4, 0.5) is 13.2 Å². The molecular weight excluding hydrogens is 203 g/mol. The van der Waals surface area contributed by atoms with Gasteiger partial charge < -0.3 is 5.73 Å². The van der Waals surface area contributed by atoms with Crippen LogP contribution in [-0.2, 0) is 0 Å². The van der Waals surface area contributed by atoms with Gasteiger partial charge in [0.25, 0.3) is 0 Å². The van der Waals surface area contributed by atoms with Crippen molar-refractivity contribution in [3.63, 3.8) is 0 Å². The largest absolute Gasteiger partial charge is 0.403 e. The van der Waals surface area contributed by atoms with Crippen LogP contribution in [0.1, 0.15) is 58.3 Å². The molecule has 0 fully saturated rings. The van der Waals surface area contributed by atoms with E-state index in [0.717, 1.165) is 19.3 Å². The average molecular weight is 225 g/mol. The summed E-state index contributed by atoms with van der Waals surface area (Å²) in [6.07, 6.45) is 3.09. The molecule has 0 amide bonds. The molecule has 0 saturated carbocycles. The van der Waals surface area contributed by atoms with E-state index in [-0.39, 0.29) is 6.42 Å². The first kappa shape index (κ1) is 14.8. The topological polar surface area (TPSA) is 26.0 Å². The molecule has 0 saturated heterocycles. The van der Waals surface area contributed by atoms with Crippen molar-refractivity contribution >= 4 is 0 Å². The minimum absolute atomic E-state index is 0.0667. The van der Waals surface area contributed by atoms with E-state index in [9.17, 15) is 13.2 Å². The third-order valence-electron chi connectivity index (χ3n) is 2.54. The second-order valence-electron chi connectivity index (χ2n) is 4.06. The Morgan fingerprint density at radius 2 is 1.40 bits per heavy atom. The van der Waals surface area contributed by atoms with Crippen LogP contribution in [0.5, 0.6) is 0 Å². The SMILES string of the molecule is CCCCCCCCCC(N)C(F)(F)F. The van der Waals surface area contributed by atoms with E-state index in [0.29, 0.717) is 6.42 Å². The smallest absolute Gasteiger partial charge is 0.320 e. The Bertz CT molecular complexity index is 145. The highest BCUT2D eigenvalue weighted by Crippen LogP contribution is 2.22. The third kappa shape index (κ3) is 8.73. The monoisotopic (exact) mass is 225 g/mol. The lowest BCUT2D eigenvalue weighted by Crippen LogP contribution is -2.37. The van der Waals surface area contributed by atoms with E-state index in [2.05, 4.69) is 6.92 Å². The number of unbranched alkanes of at least 4 members (excludes halogenated alkanes) is 6. The molecule has 0 aliphatic rings. The summed E-state index contributed by atoms with van der Waals surface area (Å²) in [5, 5.41) is 0. The highest BCUT2D eigenvalue weighted by Gasteiger charge is 2.35. The van der Waals surface area contributed by atoms with Crippen molar-refractivity contribution in [3.05, 3.63) is 0 Å². The Labute approximate surface area is 90.2 Å². The number of alkyl halides is 3. The van der Waals surface area contributed by atoms with E-state index < -0.39 is 12.2 Å². The lowest BCUT2D eigenvalue weighted by atomic mass is 10.1. The van der Waals surface area contributed by atoms with Crippen LogP contribution in [0, 0.1) is 0 Å². The Morgan fingerprint density at radius 3 is 1.87 bits per heavy atom. The van der Waals surface area contributed by atoms with Crippen LogP contribution in [0.2, 0.25) is 0 Å². The molecule has 1 unspecified atom stereocenters. The first-order chi connectivity index (χ1) is 6.98. The van der Waals surface area contributed by atoms with Gasteiger partial charge in [-0.3, -0.25) is 0 Å². The van der Waals surface area contributed by atoms with Crippen molar-refractivity contribution < 1.29 is 13.2 Å². The van der Waals surface area contributed by atoms with E-state index in [1.807, 2.05) is 0 Å². The van der Waals surface area contributed by atoms with Gasteiger partial charge in [-0.25, -0.2) is 0 Å². The van der Waals surface area contributed by atoms with Crippen molar-refractivity contribution in [1.29, 1.82) is 0 Å². The van der Waals surface area contributed by atoms with Crippen LogP contribution in [0.25, 0.3) is 0 Å². The predicted molar refractivity (Wildman–Crippen MR) is 56.6 cm³/mol. The molecule has 0 rings (SSSR count). The Kier molecular flexibility index (Phi) is 7.83. The molecule has 0 aliphatic carbocycles. The minimum Gasteiger partial charge on any atom is -0.320 e. The van der Waals surface area contributed by atoms with Gasteiger partial charge in [-0.15, -0.1) is 0 Å². The predicted octanol–water partition coefficient (Wildman–Crippen LogP) is 4.02. The summed E-state index contributed by atoms with van der Waals surface area (Å²) >= 11 is 0. The summed E-state index contributed by atoms with van der Waals surface area (Å²) in [4.78, 5) is 0. The maximum Gasteiger partial charge on any atom is 0.403 e. The molecule has 0 aromatic heterocycles. The molecule has 15 heavy (non-hydrogen) atoms. The van der Waals surface area contributed by atoms with Gasteiger partial charge in [-0.1, -0.05) is 51.9 Å². The van der Waals surface area contributed by atoms with E-state index in [1.165, 1.54) is 19.3 Å². The molecule has 0 aliphatic heterocycles. The molecule has 0 aromatic rings. The first-order valence-electron chi connectivity index (χ1n) is 5.80. The quantitative estimate of drug-likeness (QED) is 0.620. The number of rotatable bonds is 8. The van der Waals surface area contributed by atoms with Crippen molar-refractivity contribution in [2.75, 3.05) is 0 Å². The molecule has 0 heterocycles. The summed E-state index contributed by atoms with van der Waals surface area (Å²) < 4.78 is 36.0. The molecular formula is C11H22F3N. The highest BCUT2D eigenvalue weighted by molar-refractivity contribution is 4.69. The highest BCUT2D eigenvalue weighted by atomic mass is 19.4. The van der Waals surface area contributed by atoms with Gasteiger partial charge in [-0.05, 0) is 6.42 Å². The fraction of sp³-hybridized carbons (Fsp3) is 1.00. The van der Waals surface area contributed by atoms with Crippen molar-refractivity contribution in [1.82, 2.24) is 0 Å². The Hall–Kier alpha value is -0.250. The van der Waals surface area contributed by atoms with Crippen LogP contribution in [-0.4, -0.2) is 12.2 Å². The lowest BCUT2D eigenvalue weighted by Gasteiger charge is -2.14. The van der Waals surface area contributed by atoms with E-state index >= 15 is 0 Å². The molecule has 0 spiro atoms. The van der Waals surface area contributed by atoms with Crippen molar-refractivity contribution in [2.24, 2.45) is 5.73 Å². The maximum absolute atomic E-state index is 12.0.